The predicted octanol–water partition coefficient (Wildman–Crippen LogP) is 6.26. The number of nitrogens with zero attached hydrogens (tertiary/aromatic N) is 2. The van der Waals surface area contributed by atoms with E-state index in [1.54, 1.807) is 0 Å². The van der Waals surface area contributed by atoms with Gasteiger partial charge in [0.2, 0.25) is 0 Å². The summed E-state index contributed by atoms with van der Waals surface area (Å²) in [6.45, 7) is 4.37. The number of nitrogens with one attached hydrogen (secondary N) is 1. The Morgan fingerprint density at radius 2 is 1.93 bits per heavy atom. The van der Waals surface area contributed by atoms with Gasteiger partial charge in [-0.25, -0.2) is 13.8 Å². The molecule has 0 bridgehead atoms. The van der Waals surface area contributed by atoms with Crippen LogP contribution in [-0.4, -0.2) is 4.98 Å². The lowest BCUT2D eigenvalue weighted by Crippen LogP contribution is -1.94. The highest BCUT2D eigenvalue weighted by Gasteiger charge is 2.10. The Hall–Kier alpha value is -3.04. The standard InChI is InChI=1S/C22H19F2N3S/c1-14(2)9-15-3-5-16(6-4-15)21-13-28-22(27-21)17(11-25)12-26-18-7-8-19(23)20(24)10-18/h3-8,10,12-14,26H,9H2,1-2H3/b17-12+. The number of rotatable bonds is 6. The van der Waals surface area contributed by atoms with E-state index in [2.05, 4.69) is 42.4 Å². The van der Waals surface area contributed by atoms with Gasteiger partial charge in [-0.05, 0) is 30.0 Å². The zero-order chi connectivity index (χ0) is 20.1. The molecule has 0 aliphatic rings. The van der Waals surface area contributed by atoms with E-state index in [1.807, 2.05) is 17.5 Å². The van der Waals surface area contributed by atoms with Crippen LogP contribution < -0.4 is 5.32 Å². The van der Waals surface area contributed by atoms with E-state index in [0.717, 1.165) is 29.8 Å². The van der Waals surface area contributed by atoms with Crippen molar-refractivity contribution in [2.45, 2.75) is 20.3 Å². The van der Waals surface area contributed by atoms with Gasteiger partial charge in [-0.1, -0.05) is 38.1 Å². The van der Waals surface area contributed by atoms with E-state index in [-0.39, 0.29) is 0 Å². The maximum Gasteiger partial charge on any atom is 0.160 e. The maximum absolute atomic E-state index is 13.3. The van der Waals surface area contributed by atoms with Gasteiger partial charge >= 0.3 is 0 Å². The number of allylic oxidation sites excluding steroid dienone is 1. The van der Waals surface area contributed by atoms with Gasteiger partial charge < -0.3 is 5.32 Å². The minimum absolute atomic E-state index is 0.317. The van der Waals surface area contributed by atoms with Gasteiger partial charge in [-0.2, -0.15) is 5.26 Å². The molecular weight excluding hydrogens is 376 g/mol. The number of thiazole rings is 1. The molecule has 28 heavy (non-hydrogen) atoms. The second kappa shape index (κ2) is 8.77. The molecule has 6 heteroatoms. The third kappa shape index (κ3) is 4.81. The van der Waals surface area contributed by atoms with Gasteiger partial charge in [-0.15, -0.1) is 11.3 Å². The van der Waals surface area contributed by atoms with Crippen LogP contribution in [0.15, 0.2) is 54.0 Å². The largest absolute Gasteiger partial charge is 0.360 e. The van der Waals surface area contributed by atoms with Gasteiger partial charge in [0.25, 0.3) is 0 Å². The molecule has 0 aliphatic heterocycles. The molecule has 3 rings (SSSR count). The Bertz CT molecular complexity index is 1030. The van der Waals surface area contributed by atoms with Crippen LogP contribution in [0.5, 0.6) is 0 Å². The lowest BCUT2D eigenvalue weighted by atomic mass is 10.0. The highest BCUT2D eigenvalue weighted by atomic mass is 32.1. The first-order valence-electron chi connectivity index (χ1n) is 8.83. The summed E-state index contributed by atoms with van der Waals surface area (Å²) in [5, 5.41) is 14.7. The van der Waals surface area contributed by atoms with Crippen molar-refractivity contribution in [2.24, 2.45) is 5.92 Å². The first-order chi connectivity index (χ1) is 13.5. The quantitative estimate of drug-likeness (QED) is 0.501. The smallest absolute Gasteiger partial charge is 0.160 e. The molecule has 0 spiro atoms. The van der Waals surface area contributed by atoms with Crippen molar-refractivity contribution >= 4 is 22.6 Å². The molecule has 1 N–H and O–H groups in total. The third-order valence-electron chi connectivity index (χ3n) is 4.05. The molecule has 0 aliphatic carbocycles. The van der Waals surface area contributed by atoms with Crippen LogP contribution in [0.4, 0.5) is 14.5 Å². The van der Waals surface area contributed by atoms with Crippen LogP contribution >= 0.6 is 11.3 Å². The number of nitriles is 1. The fourth-order valence-corrected chi connectivity index (χ4v) is 3.49. The number of halogens is 2. The van der Waals surface area contributed by atoms with Crippen LogP contribution in [-0.2, 0) is 6.42 Å². The molecule has 1 heterocycles. The minimum Gasteiger partial charge on any atom is -0.360 e. The molecule has 3 aromatic rings. The number of aromatic nitrogens is 1. The molecule has 0 unspecified atom stereocenters. The highest BCUT2D eigenvalue weighted by molar-refractivity contribution is 7.11. The molecular formula is C22H19F2N3S. The van der Waals surface area contributed by atoms with E-state index in [9.17, 15) is 14.0 Å². The van der Waals surface area contributed by atoms with Crippen molar-refractivity contribution in [3.8, 4) is 17.3 Å². The lowest BCUT2D eigenvalue weighted by Gasteiger charge is -2.05. The Labute approximate surface area is 167 Å². The molecule has 0 saturated heterocycles. The Kier molecular flexibility index (Phi) is 6.17. The molecule has 142 valence electrons. The van der Waals surface area contributed by atoms with Crippen molar-refractivity contribution in [1.82, 2.24) is 4.98 Å². The SMILES string of the molecule is CC(C)Cc1ccc(-c2csc(/C(C#N)=C/Nc3ccc(F)c(F)c3)n2)cc1. The average molecular weight is 395 g/mol. The summed E-state index contributed by atoms with van der Waals surface area (Å²) in [4.78, 5) is 4.54. The van der Waals surface area contributed by atoms with Gasteiger partial charge in [-0.3, -0.25) is 0 Å². The Morgan fingerprint density at radius 3 is 2.57 bits per heavy atom. The van der Waals surface area contributed by atoms with Crippen LogP contribution in [0, 0.1) is 28.9 Å². The fraction of sp³-hybridized carbons (Fsp3) is 0.182. The molecule has 0 amide bonds. The monoisotopic (exact) mass is 395 g/mol. The van der Waals surface area contributed by atoms with Crippen molar-refractivity contribution in [1.29, 1.82) is 5.26 Å². The molecule has 0 atom stereocenters. The summed E-state index contributed by atoms with van der Waals surface area (Å²) < 4.78 is 26.3. The number of hydrogen-bond acceptors (Lipinski definition) is 4. The Balaban J connectivity index is 1.77. The van der Waals surface area contributed by atoms with Crippen molar-refractivity contribution in [3.05, 3.63) is 76.3 Å². The predicted molar refractivity (Wildman–Crippen MR) is 110 cm³/mol. The fourth-order valence-electron chi connectivity index (χ4n) is 2.70. The summed E-state index contributed by atoms with van der Waals surface area (Å²) >= 11 is 1.36. The van der Waals surface area contributed by atoms with Crippen LogP contribution in [0.1, 0.15) is 24.4 Å². The highest BCUT2D eigenvalue weighted by Crippen LogP contribution is 2.27. The first kappa shape index (κ1) is 19.7. The summed E-state index contributed by atoms with van der Waals surface area (Å²) in [7, 11) is 0. The van der Waals surface area contributed by atoms with Gasteiger partial charge in [0.15, 0.2) is 11.6 Å². The summed E-state index contributed by atoms with van der Waals surface area (Å²) in [5.41, 5.74) is 3.73. The third-order valence-corrected chi connectivity index (χ3v) is 4.93. The summed E-state index contributed by atoms with van der Waals surface area (Å²) in [5.74, 6) is -1.27. The number of benzene rings is 2. The van der Waals surface area contributed by atoms with E-state index in [1.165, 1.54) is 29.2 Å². The molecule has 0 fully saturated rings. The van der Waals surface area contributed by atoms with Gasteiger partial charge in [0.05, 0.1) is 5.69 Å². The molecule has 0 radical (unpaired) electrons. The van der Waals surface area contributed by atoms with Gasteiger partial charge in [0.1, 0.15) is 16.6 Å². The van der Waals surface area contributed by atoms with Crippen LogP contribution in [0.2, 0.25) is 0 Å². The van der Waals surface area contributed by atoms with Crippen molar-refractivity contribution < 1.29 is 8.78 Å². The summed E-state index contributed by atoms with van der Waals surface area (Å²) in [6.07, 6.45) is 2.47. The number of anilines is 1. The molecule has 1 aromatic heterocycles. The first-order valence-corrected chi connectivity index (χ1v) is 9.71. The Morgan fingerprint density at radius 1 is 1.18 bits per heavy atom. The second-order valence-electron chi connectivity index (χ2n) is 6.78. The van der Waals surface area contributed by atoms with Crippen molar-refractivity contribution in [3.63, 3.8) is 0 Å². The normalized spacial score (nSPS) is 11.5. The van der Waals surface area contributed by atoms with E-state index in [0.29, 0.717) is 22.2 Å². The lowest BCUT2D eigenvalue weighted by molar-refractivity contribution is 0.509. The van der Waals surface area contributed by atoms with Crippen LogP contribution in [0.3, 0.4) is 0 Å². The molecule has 3 nitrogen and oxygen atoms in total. The van der Waals surface area contributed by atoms with Crippen molar-refractivity contribution in [2.75, 3.05) is 5.32 Å². The van der Waals surface area contributed by atoms with Gasteiger partial charge in [0, 0.05) is 28.9 Å². The zero-order valence-corrected chi connectivity index (χ0v) is 16.4. The average Bonchev–Trinajstić information content (AvgIpc) is 3.15. The van der Waals surface area contributed by atoms with E-state index >= 15 is 0 Å². The molecule has 2 aromatic carbocycles. The second-order valence-corrected chi connectivity index (χ2v) is 7.63. The van der Waals surface area contributed by atoms with Crippen LogP contribution in [0.25, 0.3) is 16.8 Å². The van der Waals surface area contributed by atoms with E-state index in [4.69, 9.17) is 0 Å². The summed E-state index contributed by atoms with van der Waals surface area (Å²) in [6, 6.07) is 13.8. The number of hydrogen-bond donors (Lipinski definition) is 1. The zero-order valence-electron chi connectivity index (χ0n) is 15.5. The van der Waals surface area contributed by atoms with E-state index < -0.39 is 11.6 Å². The maximum atomic E-state index is 13.3. The molecule has 0 saturated carbocycles. The minimum atomic E-state index is -0.950. The topological polar surface area (TPSA) is 48.7 Å².